The smallest absolute Gasteiger partial charge is 0.315 e. The van der Waals surface area contributed by atoms with Gasteiger partial charge in [0.25, 0.3) is 0 Å². The number of allylic oxidation sites excluding steroid dienone is 2. The number of hydrogen-bond acceptors (Lipinski definition) is 5. The molecule has 5 rings (SSSR count). The Morgan fingerprint density at radius 1 is 0.949 bits per heavy atom. The molecule has 3 atom stereocenters. The fourth-order valence-electron chi connectivity index (χ4n) is 5.51. The third kappa shape index (κ3) is 5.99. The second-order valence-electron chi connectivity index (χ2n) is 10.5. The van der Waals surface area contributed by atoms with Crippen LogP contribution in [0, 0.1) is 5.92 Å². The third-order valence-corrected chi connectivity index (χ3v) is 7.58. The summed E-state index contributed by atoms with van der Waals surface area (Å²) in [5.41, 5.74) is 5.05. The van der Waals surface area contributed by atoms with Gasteiger partial charge in [0, 0.05) is 34.3 Å². The first-order valence-electron chi connectivity index (χ1n) is 13.3. The number of benzene rings is 3. The van der Waals surface area contributed by atoms with Gasteiger partial charge in [-0.2, -0.15) is 0 Å². The lowest BCUT2D eigenvalue weighted by Crippen LogP contribution is -2.38. The molecule has 3 aromatic rings. The molecule has 0 saturated heterocycles. The number of hydrogen-bond donors (Lipinski definition) is 0. The number of ether oxygens (including phenoxy) is 2. The average Bonchev–Trinajstić information content (AvgIpc) is 2.92. The highest BCUT2D eigenvalue weighted by Gasteiger charge is 2.45. The van der Waals surface area contributed by atoms with E-state index < -0.39 is 11.8 Å². The first kappa shape index (κ1) is 26.9. The normalized spacial score (nSPS) is 20.9. The maximum Gasteiger partial charge on any atom is 0.315 e. The predicted molar refractivity (Wildman–Crippen MR) is 153 cm³/mol. The third-order valence-electron chi connectivity index (χ3n) is 7.32. The lowest BCUT2D eigenvalue weighted by Gasteiger charge is -2.36. The van der Waals surface area contributed by atoms with Crippen LogP contribution in [0.4, 0.5) is 0 Å². The minimum atomic E-state index is -0.668. The Labute approximate surface area is 234 Å². The van der Waals surface area contributed by atoms with Crippen LogP contribution in [0.5, 0.6) is 5.75 Å². The van der Waals surface area contributed by atoms with Gasteiger partial charge in [0.1, 0.15) is 18.3 Å². The standard InChI is InChI=1S/C33H32ClNO4/c1-20(2)39-33(37)30-21(3)35-28-17-25(23-9-13-26(34)14-10-23)18-29(36)32(28)31(30)24-11-15-27(16-12-24)38-19-22-7-5-4-6-8-22/h4-16,20,25,30-31H,17-19H2,1-3H3/t25-,30?,31-/m1/s1. The molecule has 6 heteroatoms. The van der Waals surface area contributed by atoms with Gasteiger partial charge in [0.05, 0.1) is 6.10 Å². The van der Waals surface area contributed by atoms with Crippen LogP contribution < -0.4 is 4.74 Å². The minimum Gasteiger partial charge on any atom is -0.489 e. The molecule has 2 aliphatic rings. The van der Waals surface area contributed by atoms with Gasteiger partial charge >= 0.3 is 5.97 Å². The Balaban J connectivity index is 1.47. The van der Waals surface area contributed by atoms with E-state index >= 15 is 0 Å². The van der Waals surface area contributed by atoms with Crippen LogP contribution in [0.3, 0.4) is 0 Å². The number of carbonyl (C=O) groups is 2. The van der Waals surface area contributed by atoms with E-state index in [1.54, 1.807) is 0 Å². The number of ketones is 1. The molecule has 0 spiro atoms. The molecule has 0 amide bonds. The number of rotatable bonds is 7. The summed E-state index contributed by atoms with van der Waals surface area (Å²) in [6, 6.07) is 25.3. The SMILES string of the molecule is CC1=NC2=C(C(=O)C[C@H](c3ccc(Cl)cc3)C2)[C@H](c2ccc(OCc3ccccc3)cc2)C1C(=O)OC(C)C. The summed E-state index contributed by atoms with van der Waals surface area (Å²) in [5.74, 6) is -0.747. The van der Waals surface area contributed by atoms with Crippen molar-refractivity contribution in [2.24, 2.45) is 10.9 Å². The number of nitrogens with zero attached hydrogens (tertiary/aromatic N) is 1. The van der Waals surface area contributed by atoms with Crippen molar-refractivity contribution >= 4 is 29.1 Å². The van der Waals surface area contributed by atoms with Crippen molar-refractivity contribution in [3.63, 3.8) is 0 Å². The van der Waals surface area contributed by atoms with Crippen molar-refractivity contribution in [2.45, 2.75) is 58.2 Å². The van der Waals surface area contributed by atoms with Crippen molar-refractivity contribution in [1.82, 2.24) is 0 Å². The van der Waals surface area contributed by atoms with E-state index in [1.807, 2.05) is 99.6 Å². The van der Waals surface area contributed by atoms with Gasteiger partial charge < -0.3 is 9.47 Å². The van der Waals surface area contributed by atoms with E-state index in [1.165, 1.54) is 0 Å². The van der Waals surface area contributed by atoms with Crippen molar-refractivity contribution in [3.8, 4) is 5.75 Å². The molecule has 0 fully saturated rings. The van der Waals surface area contributed by atoms with E-state index in [0.29, 0.717) is 35.8 Å². The zero-order valence-corrected chi connectivity index (χ0v) is 23.2. The van der Waals surface area contributed by atoms with E-state index in [2.05, 4.69) is 0 Å². The summed E-state index contributed by atoms with van der Waals surface area (Å²) in [6.45, 7) is 5.97. The topological polar surface area (TPSA) is 65.0 Å². The van der Waals surface area contributed by atoms with Crippen molar-refractivity contribution in [2.75, 3.05) is 0 Å². The first-order chi connectivity index (χ1) is 18.8. The van der Waals surface area contributed by atoms with Gasteiger partial charge in [0.2, 0.25) is 0 Å². The van der Waals surface area contributed by atoms with Gasteiger partial charge in [-0.15, -0.1) is 0 Å². The highest BCUT2D eigenvalue weighted by molar-refractivity contribution is 6.30. The predicted octanol–water partition coefficient (Wildman–Crippen LogP) is 7.45. The highest BCUT2D eigenvalue weighted by atomic mass is 35.5. The second kappa shape index (κ2) is 11.6. The van der Waals surface area contributed by atoms with Gasteiger partial charge in [-0.25, -0.2) is 0 Å². The zero-order chi connectivity index (χ0) is 27.5. The molecule has 3 aromatic carbocycles. The van der Waals surface area contributed by atoms with Crippen LogP contribution in [-0.4, -0.2) is 23.6 Å². The summed E-state index contributed by atoms with van der Waals surface area (Å²) in [7, 11) is 0. The molecule has 1 heterocycles. The van der Waals surface area contributed by atoms with E-state index in [9.17, 15) is 9.59 Å². The van der Waals surface area contributed by atoms with Crippen LogP contribution in [0.15, 0.2) is 95.1 Å². The fraction of sp³-hybridized carbons (Fsp3) is 0.303. The molecule has 0 saturated carbocycles. The Kier molecular flexibility index (Phi) is 7.99. The molecule has 1 unspecified atom stereocenters. The van der Waals surface area contributed by atoms with Gasteiger partial charge in [-0.3, -0.25) is 14.6 Å². The monoisotopic (exact) mass is 541 g/mol. The van der Waals surface area contributed by atoms with E-state index in [0.717, 1.165) is 28.1 Å². The Hall–Kier alpha value is -3.70. The van der Waals surface area contributed by atoms with Gasteiger partial charge in [-0.05, 0) is 74.1 Å². The van der Waals surface area contributed by atoms with Crippen LogP contribution >= 0.6 is 11.6 Å². The van der Waals surface area contributed by atoms with Gasteiger partial charge in [-0.1, -0.05) is 66.2 Å². The van der Waals surface area contributed by atoms with Gasteiger partial charge in [0.15, 0.2) is 5.78 Å². The minimum absolute atomic E-state index is 0.0126. The lowest BCUT2D eigenvalue weighted by atomic mass is 9.69. The van der Waals surface area contributed by atoms with E-state index in [4.69, 9.17) is 26.1 Å². The lowest BCUT2D eigenvalue weighted by molar-refractivity contribution is -0.150. The molecular formula is C33H32ClNO4. The molecule has 5 nitrogen and oxygen atoms in total. The Morgan fingerprint density at radius 3 is 2.28 bits per heavy atom. The fourth-order valence-corrected chi connectivity index (χ4v) is 5.64. The molecule has 0 bridgehead atoms. The molecule has 0 radical (unpaired) electrons. The zero-order valence-electron chi connectivity index (χ0n) is 22.4. The van der Waals surface area contributed by atoms with Crippen LogP contribution in [0.1, 0.15) is 62.1 Å². The number of esters is 1. The van der Waals surface area contributed by atoms with Crippen molar-refractivity contribution in [1.29, 1.82) is 0 Å². The molecule has 1 aliphatic carbocycles. The largest absolute Gasteiger partial charge is 0.489 e. The average molecular weight is 542 g/mol. The van der Waals surface area contributed by atoms with Crippen molar-refractivity contribution in [3.05, 3.63) is 112 Å². The number of Topliss-reactive ketones (excluding diaryl/α,β-unsaturated/α-hetero) is 1. The first-order valence-corrected chi connectivity index (χ1v) is 13.7. The summed E-state index contributed by atoms with van der Waals surface area (Å²) >= 11 is 6.09. The van der Waals surface area contributed by atoms with Crippen LogP contribution in [-0.2, 0) is 20.9 Å². The van der Waals surface area contributed by atoms with Crippen molar-refractivity contribution < 1.29 is 19.1 Å². The second-order valence-corrected chi connectivity index (χ2v) is 10.9. The molecule has 200 valence electrons. The Bertz CT molecular complexity index is 1410. The molecule has 1 aliphatic heterocycles. The highest BCUT2D eigenvalue weighted by Crippen LogP contribution is 2.47. The molecular weight excluding hydrogens is 510 g/mol. The maximum absolute atomic E-state index is 13.8. The van der Waals surface area contributed by atoms with E-state index in [-0.39, 0.29) is 23.8 Å². The summed E-state index contributed by atoms with van der Waals surface area (Å²) < 4.78 is 11.6. The summed E-state index contributed by atoms with van der Waals surface area (Å²) in [4.78, 5) is 31.9. The Morgan fingerprint density at radius 2 is 1.62 bits per heavy atom. The number of aliphatic imine (C=N–C) groups is 1. The summed E-state index contributed by atoms with van der Waals surface area (Å²) in [5, 5.41) is 0.662. The van der Waals surface area contributed by atoms with Crippen LogP contribution in [0.2, 0.25) is 5.02 Å². The number of halogens is 1. The number of carbonyl (C=O) groups excluding carboxylic acids is 2. The summed E-state index contributed by atoms with van der Waals surface area (Å²) in [6.07, 6.45) is 0.711. The molecule has 0 aromatic heterocycles. The maximum atomic E-state index is 13.8. The van der Waals surface area contributed by atoms with Crippen LogP contribution in [0.25, 0.3) is 0 Å². The molecule has 39 heavy (non-hydrogen) atoms. The molecule has 0 N–H and O–H groups in total. The quantitative estimate of drug-likeness (QED) is 0.291.